The van der Waals surface area contributed by atoms with E-state index in [1.165, 1.54) is 0 Å². The van der Waals surface area contributed by atoms with Gasteiger partial charge in [0.25, 0.3) is 0 Å². The van der Waals surface area contributed by atoms with Crippen molar-refractivity contribution in [1.82, 2.24) is 5.32 Å². The molecule has 1 aliphatic rings. The highest BCUT2D eigenvalue weighted by atomic mass is 16.5. The molecular weight excluding hydrogens is 214 g/mol. The second kappa shape index (κ2) is 5.81. The highest BCUT2D eigenvalue weighted by Crippen LogP contribution is 2.23. The molecule has 92 valence electrons. The summed E-state index contributed by atoms with van der Waals surface area (Å²) in [7, 11) is 0. The number of aliphatic hydroxyl groups is 1. The zero-order valence-corrected chi connectivity index (χ0v) is 9.18. The average Bonchev–Trinajstić information content (AvgIpc) is 2.73. The minimum atomic E-state index is -1.55. The third kappa shape index (κ3) is 3.18. The average molecular weight is 231 g/mol. The number of amides is 1. The van der Waals surface area contributed by atoms with Gasteiger partial charge in [-0.05, 0) is 12.8 Å². The van der Waals surface area contributed by atoms with E-state index in [2.05, 4.69) is 5.32 Å². The van der Waals surface area contributed by atoms with E-state index >= 15 is 0 Å². The Labute approximate surface area is 93.6 Å². The first-order chi connectivity index (χ1) is 7.56. The first kappa shape index (κ1) is 12.9. The normalized spacial score (nSPS) is 26.4. The molecule has 0 radical (unpaired) electrons. The van der Waals surface area contributed by atoms with E-state index in [9.17, 15) is 9.59 Å². The van der Waals surface area contributed by atoms with E-state index in [4.69, 9.17) is 14.9 Å². The van der Waals surface area contributed by atoms with Crippen LogP contribution >= 0.6 is 0 Å². The number of aliphatic hydroxyl groups excluding tert-OH is 1. The molecule has 1 heterocycles. The predicted octanol–water partition coefficient (Wildman–Crippen LogP) is -0.637. The van der Waals surface area contributed by atoms with Crippen molar-refractivity contribution >= 4 is 11.9 Å². The van der Waals surface area contributed by atoms with Gasteiger partial charge in [-0.15, -0.1) is 0 Å². The molecule has 1 saturated heterocycles. The maximum absolute atomic E-state index is 11.6. The molecule has 1 rings (SSSR count). The van der Waals surface area contributed by atoms with Crippen molar-refractivity contribution in [3.05, 3.63) is 0 Å². The summed E-state index contributed by atoms with van der Waals surface area (Å²) in [6.45, 7) is 2.22. The van der Waals surface area contributed by atoms with Crippen molar-refractivity contribution in [2.45, 2.75) is 32.0 Å². The Bertz CT molecular complexity index is 268. The van der Waals surface area contributed by atoms with Crippen LogP contribution in [0.15, 0.2) is 0 Å². The lowest BCUT2D eigenvalue weighted by molar-refractivity contribution is -0.146. The van der Waals surface area contributed by atoms with Crippen molar-refractivity contribution in [2.75, 3.05) is 13.2 Å². The number of rotatable bonds is 5. The van der Waals surface area contributed by atoms with Crippen LogP contribution in [0.1, 0.15) is 19.8 Å². The summed E-state index contributed by atoms with van der Waals surface area (Å²) in [4.78, 5) is 22.0. The lowest BCUT2D eigenvalue weighted by Crippen LogP contribution is -2.41. The van der Waals surface area contributed by atoms with Gasteiger partial charge in [0.15, 0.2) is 6.10 Å². The fourth-order valence-corrected chi connectivity index (χ4v) is 1.77. The lowest BCUT2D eigenvalue weighted by atomic mass is 9.99. The summed E-state index contributed by atoms with van der Waals surface area (Å²) in [6, 6.07) is 0. The third-order valence-electron chi connectivity index (χ3n) is 2.70. The van der Waals surface area contributed by atoms with Crippen LogP contribution in [0.3, 0.4) is 0 Å². The monoisotopic (exact) mass is 231 g/mol. The summed E-state index contributed by atoms with van der Waals surface area (Å²) in [5, 5.41) is 19.8. The molecule has 1 amide bonds. The quantitative estimate of drug-likeness (QED) is 0.585. The Balaban J connectivity index is 2.37. The number of carboxylic acid groups (broad SMARTS) is 1. The van der Waals surface area contributed by atoms with Gasteiger partial charge in [-0.2, -0.15) is 0 Å². The molecule has 16 heavy (non-hydrogen) atoms. The summed E-state index contributed by atoms with van der Waals surface area (Å²) < 4.78 is 5.35. The Morgan fingerprint density at radius 2 is 2.25 bits per heavy atom. The van der Waals surface area contributed by atoms with Crippen LogP contribution < -0.4 is 5.32 Å². The summed E-state index contributed by atoms with van der Waals surface area (Å²) in [5.41, 5.74) is 0. The number of carbonyl (C=O) groups excluding carboxylic acids is 1. The van der Waals surface area contributed by atoms with E-state index in [1.807, 2.05) is 6.92 Å². The third-order valence-corrected chi connectivity index (χ3v) is 2.70. The molecular formula is C10H17NO5. The molecule has 3 N–H and O–H groups in total. The van der Waals surface area contributed by atoms with E-state index < -0.39 is 12.1 Å². The molecule has 0 aliphatic carbocycles. The molecule has 3 atom stereocenters. The van der Waals surface area contributed by atoms with Crippen LogP contribution in [-0.4, -0.2) is 47.4 Å². The van der Waals surface area contributed by atoms with Crippen LogP contribution in [0.2, 0.25) is 0 Å². The van der Waals surface area contributed by atoms with Gasteiger partial charge in [0.1, 0.15) is 0 Å². The van der Waals surface area contributed by atoms with E-state index in [0.29, 0.717) is 13.0 Å². The predicted molar refractivity (Wildman–Crippen MR) is 54.8 cm³/mol. The number of aliphatic carboxylic acids is 1. The molecule has 1 fully saturated rings. The topological polar surface area (TPSA) is 95.9 Å². The van der Waals surface area contributed by atoms with Gasteiger partial charge < -0.3 is 20.3 Å². The first-order valence-electron chi connectivity index (χ1n) is 5.36. The molecule has 0 spiro atoms. The maximum Gasteiger partial charge on any atom is 0.334 e. The molecule has 0 bridgehead atoms. The zero-order chi connectivity index (χ0) is 12.1. The van der Waals surface area contributed by atoms with Crippen molar-refractivity contribution in [3.8, 4) is 0 Å². The Hall–Kier alpha value is -1.14. The highest BCUT2D eigenvalue weighted by molar-refractivity contribution is 5.80. The highest BCUT2D eigenvalue weighted by Gasteiger charge is 2.32. The SMILES string of the molecule is CCC1OCCC1C(=O)NCC(O)C(=O)O. The van der Waals surface area contributed by atoms with E-state index in [0.717, 1.165) is 6.42 Å². The van der Waals surface area contributed by atoms with Gasteiger partial charge >= 0.3 is 5.97 Å². The largest absolute Gasteiger partial charge is 0.479 e. The second-order valence-electron chi connectivity index (χ2n) is 3.81. The van der Waals surface area contributed by atoms with Crippen molar-refractivity contribution in [2.24, 2.45) is 5.92 Å². The molecule has 6 nitrogen and oxygen atoms in total. The number of hydrogen-bond donors (Lipinski definition) is 3. The van der Waals surface area contributed by atoms with Crippen molar-refractivity contribution in [1.29, 1.82) is 0 Å². The Morgan fingerprint density at radius 3 is 2.81 bits per heavy atom. The molecule has 0 aromatic rings. The number of ether oxygens (including phenoxy) is 1. The Morgan fingerprint density at radius 1 is 1.56 bits per heavy atom. The molecule has 3 unspecified atom stereocenters. The van der Waals surface area contributed by atoms with Gasteiger partial charge in [0, 0.05) is 6.61 Å². The number of carboxylic acids is 1. The van der Waals surface area contributed by atoms with Gasteiger partial charge in [-0.3, -0.25) is 4.79 Å². The number of carbonyl (C=O) groups is 2. The molecule has 1 aliphatic heterocycles. The standard InChI is InChI=1S/C10H17NO5/c1-2-8-6(3-4-16-8)9(13)11-5-7(12)10(14)15/h6-8,12H,2-5H2,1H3,(H,11,13)(H,14,15). The smallest absolute Gasteiger partial charge is 0.334 e. The number of hydrogen-bond acceptors (Lipinski definition) is 4. The van der Waals surface area contributed by atoms with E-state index in [-0.39, 0.29) is 24.5 Å². The van der Waals surface area contributed by atoms with Gasteiger partial charge in [-0.25, -0.2) is 4.79 Å². The fourth-order valence-electron chi connectivity index (χ4n) is 1.77. The minimum absolute atomic E-state index is 0.0954. The minimum Gasteiger partial charge on any atom is -0.479 e. The van der Waals surface area contributed by atoms with Crippen molar-refractivity contribution < 1.29 is 24.5 Å². The summed E-state index contributed by atoms with van der Waals surface area (Å²) in [6.07, 6.45) is -0.249. The second-order valence-corrected chi connectivity index (χ2v) is 3.81. The van der Waals surface area contributed by atoms with Gasteiger partial charge in [-0.1, -0.05) is 6.92 Å². The molecule has 6 heteroatoms. The fraction of sp³-hybridized carbons (Fsp3) is 0.800. The van der Waals surface area contributed by atoms with Gasteiger partial charge in [0.2, 0.25) is 5.91 Å². The van der Waals surface area contributed by atoms with Crippen LogP contribution in [0, 0.1) is 5.92 Å². The number of nitrogens with one attached hydrogen (secondary N) is 1. The molecule has 0 aromatic carbocycles. The first-order valence-corrected chi connectivity index (χ1v) is 5.36. The summed E-state index contributed by atoms with van der Waals surface area (Å²) in [5.74, 6) is -1.81. The zero-order valence-electron chi connectivity index (χ0n) is 9.18. The Kier molecular flexibility index (Phi) is 4.70. The molecule has 0 saturated carbocycles. The van der Waals surface area contributed by atoms with Crippen LogP contribution in [0.25, 0.3) is 0 Å². The van der Waals surface area contributed by atoms with Crippen LogP contribution in [0.4, 0.5) is 0 Å². The summed E-state index contributed by atoms with van der Waals surface area (Å²) >= 11 is 0. The van der Waals surface area contributed by atoms with Crippen LogP contribution in [0.5, 0.6) is 0 Å². The molecule has 0 aromatic heterocycles. The van der Waals surface area contributed by atoms with Gasteiger partial charge in [0.05, 0.1) is 18.6 Å². The maximum atomic E-state index is 11.6. The van der Waals surface area contributed by atoms with Crippen LogP contribution in [-0.2, 0) is 14.3 Å². The van der Waals surface area contributed by atoms with Crippen molar-refractivity contribution in [3.63, 3.8) is 0 Å². The lowest BCUT2D eigenvalue weighted by Gasteiger charge is -2.16. The van der Waals surface area contributed by atoms with E-state index in [1.54, 1.807) is 0 Å².